The minimum Gasteiger partial charge on any atom is -0.399 e. The lowest BCUT2D eigenvalue weighted by Gasteiger charge is -2.24. The zero-order chi connectivity index (χ0) is 12.5. The van der Waals surface area contributed by atoms with Gasteiger partial charge in [-0.15, -0.1) is 0 Å². The Kier molecular flexibility index (Phi) is 3.48. The van der Waals surface area contributed by atoms with Crippen molar-refractivity contribution in [1.29, 1.82) is 0 Å². The molecule has 1 saturated heterocycles. The Bertz CT molecular complexity index is 383. The molecule has 0 saturated carbocycles. The highest BCUT2D eigenvalue weighted by Gasteiger charge is 2.23. The summed E-state index contributed by atoms with van der Waals surface area (Å²) in [5.74, 6) is 0.910. The number of nitrogens with two attached hydrogens (primary N) is 1. The van der Waals surface area contributed by atoms with Gasteiger partial charge in [0.15, 0.2) is 0 Å². The van der Waals surface area contributed by atoms with Crippen LogP contribution >= 0.6 is 11.6 Å². The maximum Gasteiger partial charge on any atom is 0.133 e. The van der Waals surface area contributed by atoms with Crippen LogP contribution in [0.3, 0.4) is 0 Å². The van der Waals surface area contributed by atoms with Crippen molar-refractivity contribution in [1.82, 2.24) is 4.98 Å². The van der Waals surface area contributed by atoms with Crippen LogP contribution in [0, 0.1) is 5.41 Å². The van der Waals surface area contributed by atoms with E-state index in [0.29, 0.717) is 16.3 Å². The first-order chi connectivity index (χ1) is 7.96. The van der Waals surface area contributed by atoms with E-state index in [9.17, 15) is 0 Å². The van der Waals surface area contributed by atoms with Crippen molar-refractivity contribution in [3.63, 3.8) is 0 Å². The zero-order valence-corrected chi connectivity index (χ0v) is 11.3. The van der Waals surface area contributed by atoms with Crippen molar-refractivity contribution in [2.24, 2.45) is 5.41 Å². The summed E-state index contributed by atoms with van der Waals surface area (Å²) in [6, 6.07) is 3.59. The van der Waals surface area contributed by atoms with E-state index >= 15 is 0 Å². The molecule has 3 nitrogen and oxygen atoms in total. The molecule has 0 spiro atoms. The van der Waals surface area contributed by atoms with Crippen molar-refractivity contribution in [2.75, 3.05) is 23.7 Å². The fourth-order valence-electron chi connectivity index (χ4n) is 2.32. The Morgan fingerprint density at radius 3 is 2.76 bits per heavy atom. The molecule has 4 heteroatoms. The Hall–Kier alpha value is -0.960. The van der Waals surface area contributed by atoms with Gasteiger partial charge < -0.3 is 10.6 Å². The Morgan fingerprint density at radius 2 is 2.06 bits per heavy atom. The first-order valence-electron chi connectivity index (χ1n) is 6.14. The van der Waals surface area contributed by atoms with Crippen LogP contribution in [0.1, 0.15) is 33.1 Å². The third kappa shape index (κ3) is 3.25. The lowest BCUT2D eigenvalue weighted by Crippen LogP contribution is -2.26. The van der Waals surface area contributed by atoms with Gasteiger partial charge >= 0.3 is 0 Å². The van der Waals surface area contributed by atoms with E-state index in [4.69, 9.17) is 17.3 Å². The van der Waals surface area contributed by atoms with Gasteiger partial charge in [0.2, 0.25) is 0 Å². The van der Waals surface area contributed by atoms with Crippen LogP contribution in [0.5, 0.6) is 0 Å². The summed E-state index contributed by atoms with van der Waals surface area (Å²) in [6.45, 7) is 6.72. The average Bonchev–Trinajstić information content (AvgIpc) is 2.38. The molecular formula is C13H20ClN3. The third-order valence-electron chi connectivity index (χ3n) is 3.47. The van der Waals surface area contributed by atoms with Crippen LogP contribution in [0.25, 0.3) is 0 Å². The van der Waals surface area contributed by atoms with Gasteiger partial charge in [-0.05, 0) is 30.7 Å². The molecule has 0 atom stereocenters. The predicted molar refractivity (Wildman–Crippen MR) is 73.5 cm³/mol. The number of nitrogen functional groups attached to an aromatic ring is 1. The number of nitrogens with zero attached hydrogens (tertiary/aromatic N) is 2. The van der Waals surface area contributed by atoms with Gasteiger partial charge in [0.1, 0.15) is 11.0 Å². The molecule has 2 heterocycles. The maximum atomic E-state index is 5.95. The van der Waals surface area contributed by atoms with Gasteiger partial charge in [-0.3, -0.25) is 0 Å². The molecule has 0 aliphatic carbocycles. The average molecular weight is 254 g/mol. The number of hydrogen-bond acceptors (Lipinski definition) is 3. The van der Waals surface area contributed by atoms with E-state index in [2.05, 4.69) is 23.7 Å². The molecule has 94 valence electrons. The highest BCUT2D eigenvalue weighted by Crippen LogP contribution is 2.31. The lowest BCUT2D eigenvalue weighted by atomic mass is 9.85. The highest BCUT2D eigenvalue weighted by atomic mass is 35.5. The van der Waals surface area contributed by atoms with E-state index in [0.717, 1.165) is 18.9 Å². The molecule has 1 aliphatic heterocycles. The minimum absolute atomic E-state index is 0.429. The fourth-order valence-corrected chi connectivity index (χ4v) is 2.53. The molecule has 0 unspecified atom stereocenters. The predicted octanol–water partition coefficient (Wildman–Crippen LogP) is 3.33. The molecular weight excluding hydrogens is 234 g/mol. The molecule has 0 aromatic carbocycles. The number of aromatic nitrogens is 1. The molecule has 2 N–H and O–H groups in total. The first-order valence-corrected chi connectivity index (χ1v) is 6.52. The van der Waals surface area contributed by atoms with Crippen LogP contribution in [-0.4, -0.2) is 18.1 Å². The van der Waals surface area contributed by atoms with E-state index < -0.39 is 0 Å². The molecule has 1 fully saturated rings. The number of hydrogen-bond donors (Lipinski definition) is 1. The van der Waals surface area contributed by atoms with Crippen LogP contribution in [-0.2, 0) is 0 Å². The van der Waals surface area contributed by atoms with Crippen LogP contribution < -0.4 is 10.6 Å². The summed E-state index contributed by atoms with van der Waals surface area (Å²) in [5.41, 5.74) is 6.92. The van der Waals surface area contributed by atoms with Gasteiger partial charge in [-0.2, -0.15) is 0 Å². The molecule has 17 heavy (non-hydrogen) atoms. The lowest BCUT2D eigenvalue weighted by molar-refractivity contribution is 0.325. The number of anilines is 2. The van der Waals surface area contributed by atoms with Crippen LogP contribution in [0.15, 0.2) is 12.1 Å². The summed E-state index contributed by atoms with van der Waals surface area (Å²) in [6.07, 6.45) is 3.64. The quantitative estimate of drug-likeness (QED) is 0.781. The summed E-state index contributed by atoms with van der Waals surface area (Å²) in [7, 11) is 0. The second-order valence-corrected chi connectivity index (χ2v) is 5.97. The summed E-state index contributed by atoms with van der Waals surface area (Å²) < 4.78 is 0. The highest BCUT2D eigenvalue weighted by molar-refractivity contribution is 6.29. The standard InChI is InChI=1S/C13H20ClN3/c1-13(2)4-3-6-17(7-5-13)12-9-10(15)8-11(14)16-12/h8-9H,3-7H2,1-2H3,(H2,15,16). The van der Waals surface area contributed by atoms with Crippen molar-refractivity contribution in [3.8, 4) is 0 Å². The molecule has 1 aromatic heterocycles. The Labute approximate surface area is 108 Å². The number of pyridine rings is 1. The molecule has 0 amide bonds. The van der Waals surface area contributed by atoms with Crippen LogP contribution in [0.2, 0.25) is 5.15 Å². The van der Waals surface area contributed by atoms with Gasteiger partial charge in [-0.25, -0.2) is 4.98 Å². The van der Waals surface area contributed by atoms with E-state index in [1.807, 2.05) is 6.07 Å². The van der Waals surface area contributed by atoms with E-state index in [-0.39, 0.29) is 0 Å². The van der Waals surface area contributed by atoms with Gasteiger partial charge in [-0.1, -0.05) is 25.4 Å². The molecule has 1 aromatic rings. The molecule has 1 aliphatic rings. The Morgan fingerprint density at radius 1 is 1.29 bits per heavy atom. The smallest absolute Gasteiger partial charge is 0.133 e. The third-order valence-corrected chi connectivity index (χ3v) is 3.66. The zero-order valence-electron chi connectivity index (χ0n) is 10.5. The van der Waals surface area contributed by atoms with Crippen molar-refractivity contribution >= 4 is 23.1 Å². The molecule has 0 radical (unpaired) electrons. The van der Waals surface area contributed by atoms with Gasteiger partial charge in [0.25, 0.3) is 0 Å². The summed E-state index contributed by atoms with van der Waals surface area (Å²) in [5, 5.41) is 0.475. The monoisotopic (exact) mass is 253 g/mol. The van der Waals surface area contributed by atoms with Gasteiger partial charge in [0, 0.05) is 24.8 Å². The number of rotatable bonds is 1. The second-order valence-electron chi connectivity index (χ2n) is 5.59. The van der Waals surface area contributed by atoms with Crippen molar-refractivity contribution in [3.05, 3.63) is 17.3 Å². The largest absolute Gasteiger partial charge is 0.399 e. The normalized spacial score (nSPS) is 20.1. The minimum atomic E-state index is 0.429. The Balaban J connectivity index is 2.17. The van der Waals surface area contributed by atoms with Crippen LogP contribution in [0.4, 0.5) is 11.5 Å². The summed E-state index contributed by atoms with van der Waals surface area (Å²) in [4.78, 5) is 6.65. The van der Waals surface area contributed by atoms with Crippen molar-refractivity contribution in [2.45, 2.75) is 33.1 Å². The molecule has 2 rings (SSSR count). The van der Waals surface area contributed by atoms with E-state index in [1.54, 1.807) is 6.07 Å². The van der Waals surface area contributed by atoms with Crippen molar-refractivity contribution < 1.29 is 0 Å². The maximum absolute atomic E-state index is 5.95. The van der Waals surface area contributed by atoms with E-state index in [1.165, 1.54) is 19.3 Å². The topological polar surface area (TPSA) is 42.1 Å². The summed E-state index contributed by atoms with van der Waals surface area (Å²) >= 11 is 5.95. The van der Waals surface area contributed by atoms with Gasteiger partial charge in [0.05, 0.1) is 0 Å². The fraction of sp³-hybridized carbons (Fsp3) is 0.615. The SMILES string of the molecule is CC1(C)CCCN(c2cc(N)cc(Cl)n2)CC1. The first kappa shape index (κ1) is 12.5. The molecule has 0 bridgehead atoms. The number of halogens is 1. The second kappa shape index (κ2) is 4.73.